The molecule has 0 aliphatic heterocycles. The number of methoxy groups -OCH3 is 1. The number of aliphatic hydroxyl groups is 1. The van der Waals surface area contributed by atoms with Crippen molar-refractivity contribution in [3.63, 3.8) is 0 Å². The van der Waals surface area contributed by atoms with Crippen LogP contribution in [-0.4, -0.2) is 24.9 Å². The number of ether oxygens (including phenoxy) is 1. The summed E-state index contributed by atoms with van der Waals surface area (Å²) in [5.41, 5.74) is 1.42. The van der Waals surface area contributed by atoms with Gasteiger partial charge in [-0.3, -0.25) is 0 Å². The molecular formula is C6H11ClO2. The van der Waals surface area contributed by atoms with Gasteiger partial charge in [0.25, 0.3) is 0 Å². The standard InChI is InChI=1S/C6H11ClO2/c1-9-6(5-8)3-2-4-7/h2,4,6,8H,3,5H2,1H3/b4-2+/t6-/m1/s1. The molecule has 0 rings (SSSR count). The van der Waals surface area contributed by atoms with Crippen LogP contribution in [0.1, 0.15) is 6.42 Å². The van der Waals surface area contributed by atoms with Gasteiger partial charge in [0.1, 0.15) is 0 Å². The molecule has 9 heavy (non-hydrogen) atoms. The van der Waals surface area contributed by atoms with Gasteiger partial charge in [0.15, 0.2) is 0 Å². The zero-order chi connectivity index (χ0) is 7.11. The predicted molar refractivity (Wildman–Crippen MR) is 37.5 cm³/mol. The largest absolute Gasteiger partial charge is 0.394 e. The van der Waals surface area contributed by atoms with Crippen LogP contribution in [0, 0.1) is 0 Å². The van der Waals surface area contributed by atoms with E-state index in [1.165, 1.54) is 5.54 Å². The Morgan fingerprint density at radius 2 is 2.44 bits per heavy atom. The van der Waals surface area contributed by atoms with Crippen LogP contribution in [0.4, 0.5) is 0 Å². The Kier molecular flexibility index (Phi) is 6.04. The Balaban J connectivity index is 3.31. The summed E-state index contributed by atoms with van der Waals surface area (Å²) < 4.78 is 4.84. The lowest BCUT2D eigenvalue weighted by molar-refractivity contribution is 0.0513. The highest BCUT2D eigenvalue weighted by Crippen LogP contribution is 1.97. The molecule has 54 valence electrons. The Hall–Kier alpha value is -0.0500. The Bertz CT molecular complexity index is 79.1. The van der Waals surface area contributed by atoms with Gasteiger partial charge in [-0.15, -0.1) is 0 Å². The van der Waals surface area contributed by atoms with Crippen LogP contribution in [0.5, 0.6) is 0 Å². The summed E-state index contributed by atoms with van der Waals surface area (Å²) in [4.78, 5) is 0. The maximum atomic E-state index is 8.55. The molecule has 0 radical (unpaired) electrons. The molecule has 1 atom stereocenters. The summed E-state index contributed by atoms with van der Waals surface area (Å²) in [6.07, 6.45) is 2.29. The van der Waals surface area contributed by atoms with Gasteiger partial charge in [0, 0.05) is 12.6 Å². The summed E-state index contributed by atoms with van der Waals surface area (Å²) in [5.74, 6) is 0. The molecule has 0 spiro atoms. The van der Waals surface area contributed by atoms with E-state index in [4.69, 9.17) is 21.4 Å². The predicted octanol–water partition coefficient (Wildman–Crippen LogP) is 1.14. The van der Waals surface area contributed by atoms with Gasteiger partial charge in [-0.05, 0) is 6.42 Å². The van der Waals surface area contributed by atoms with Gasteiger partial charge in [0.2, 0.25) is 0 Å². The van der Waals surface area contributed by atoms with Gasteiger partial charge >= 0.3 is 0 Å². The highest BCUT2D eigenvalue weighted by atomic mass is 35.5. The molecule has 0 bridgehead atoms. The van der Waals surface area contributed by atoms with Gasteiger partial charge in [0.05, 0.1) is 12.7 Å². The first-order valence-electron chi connectivity index (χ1n) is 2.74. The van der Waals surface area contributed by atoms with Crippen molar-refractivity contribution >= 4 is 11.6 Å². The smallest absolute Gasteiger partial charge is 0.0836 e. The minimum atomic E-state index is -0.111. The average Bonchev–Trinajstić information content (AvgIpc) is 1.91. The van der Waals surface area contributed by atoms with E-state index in [9.17, 15) is 0 Å². The van der Waals surface area contributed by atoms with Gasteiger partial charge in [-0.25, -0.2) is 0 Å². The molecule has 0 saturated carbocycles. The maximum Gasteiger partial charge on any atom is 0.0836 e. The highest BCUT2D eigenvalue weighted by molar-refractivity contribution is 6.25. The van der Waals surface area contributed by atoms with Gasteiger partial charge in [-0.1, -0.05) is 17.7 Å². The molecule has 0 aromatic rings. The summed E-state index contributed by atoms with van der Waals surface area (Å²) in [7, 11) is 1.56. The van der Waals surface area contributed by atoms with E-state index in [0.29, 0.717) is 6.42 Å². The number of hydrogen-bond acceptors (Lipinski definition) is 2. The fourth-order valence-corrected chi connectivity index (χ4v) is 0.551. The minimum Gasteiger partial charge on any atom is -0.394 e. The lowest BCUT2D eigenvalue weighted by atomic mass is 10.3. The van der Waals surface area contributed by atoms with E-state index < -0.39 is 0 Å². The molecule has 0 aromatic heterocycles. The van der Waals surface area contributed by atoms with Crippen LogP contribution < -0.4 is 0 Å². The Labute approximate surface area is 60.1 Å². The van der Waals surface area contributed by atoms with Crippen molar-refractivity contribution in [2.45, 2.75) is 12.5 Å². The zero-order valence-electron chi connectivity index (χ0n) is 5.38. The van der Waals surface area contributed by atoms with Crippen molar-refractivity contribution in [3.8, 4) is 0 Å². The van der Waals surface area contributed by atoms with Crippen LogP contribution in [0.3, 0.4) is 0 Å². The molecule has 0 aromatic carbocycles. The maximum absolute atomic E-state index is 8.55. The van der Waals surface area contributed by atoms with Crippen LogP contribution in [0.2, 0.25) is 0 Å². The van der Waals surface area contributed by atoms with Gasteiger partial charge in [-0.2, -0.15) is 0 Å². The molecular weight excluding hydrogens is 140 g/mol. The number of aliphatic hydroxyl groups excluding tert-OH is 1. The topological polar surface area (TPSA) is 29.5 Å². The van der Waals surface area contributed by atoms with E-state index in [2.05, 4.69) is 0 Å². The summed E-state index contributed by atoms with van der Waals surface area (Å²) in [6, 6.07) is 0. The second kappa shape index (κ2) is 6.08. The van der Waals surface area contributed by atoms with Crippen molar-refractivity contribution < 1.29 is 9.84 Å². The first kappa shape index (κ1) is 8.95. The molecule has 1 N–H and O–H groups in total. The number of hydrogen-bond donors (Lipinski definition) is 1. The molecule has 0 unspecified atom stereocenters. The lowest BCUT2D eigenvalue weighted by Crippen LogP contribution is -2.13. The second-order valence-corrected chi connectivity index (χ2v) is 1.89. The quantitative estimate of drug-likeness (QED) is 0.651. The molecule has 0 saturated heterocycles. The monoisotopic (exact) mass is 150 g/mol. The fourth-order valence-electron chi connectivity index (χ4n) is 0.449. The average molecular weight is 151 g/mol. The summed E-state index contributed by atoms with van der Waals surface area (Å²) in [6.45, 7) is 0.0394. The zero-order valence-corrected chi connectivity index (χ0v) is 6.14. The van der Waals surface area contributed by atoms with E-state index in [1.807, 2.05) is 0 Å². The molecule has 0 aliphatic rings. The van der Waals surface area contributed by atoms with Gasteiger partial charge < -0.3 is 9.84 Å². The Morgan fingerprint density at radius 3 is 2.78 bits per heavy atom. The van der Waals surface area contributed by atoms with Crippen LogP contribution in [-0.2, 0) is 4.74 Å². The minimum absolute atomic E-state index is 0.0394. The third-order valence-electron chi connectivity index (χ3n) is 1.03. The van der Waals surface area contributed by atoms with Crippen LogP contribution in [0.25, 0.3) is 0 Å². The van der Waals surface area contributed by atoms with Crippen molar-refractivity contribution in [3.05, 3.63) is 11.6 Å². The summed E-state index contributed by atoms with van der Waals surface area (Å²) >= 11 is 5.24. The van der Waals surface area contributed by atoms with Crippen LogP contribution >= 0.6 is 11.6 Å². The first-order chi connectivity index (χ1) is 4.35. The van der Waals surface area contributed by atoms with Crippen molar-refractivity contribution in [1.29, 1.82) is 0 Å². The van der Waals surface area contributed by atoms with Crippen LogP contribution in [0.15, 0.2) is 11.6 Å². The Morgan fingerprint density at radius 1 is 1.78 bits per heavy atom. The first-order valence-corrected chi connectivity index (χ1v) is 3.17. The lowest BCUT2D eigenvalue weighted by Gasteiger charge is -2.07. The molecule has 0 amide bonds. The van der Waals surface area contributed by atoms with Crippen molar-refractivity contribution in [1.82, 2.24) is 0 Å². The number of halogens is 1. The molecule has 2 nitrogen and oxygen atoms in total. The van der Waals surface area contributed by atoms with E-state index in [-0.39, 0.29) is 12.7 Å². The highest BCUT2D eigenvalue weighted by Gasteiger charge is 2.00. The summed E-state index contributed by atoms with van der Waals surface area (Å²) in [5, 5.41) is 8.55. The molecule has 0 fully saturated rings. The molecule has 0 aliphatic carbocycles. The second-order valence-electron chi connectivity index (χ2n) is 1.64. The fraction of sp³-hybridized carbons (Fsp3) is 0.667. The molecule has 0 heterocycles. The molecule has 3 heteroatoms. The van der Waals surface area contributed by atoms with E-state index in [0.717, 1.165) is 0 Å². The van der Waals surface area contributed by atoms with E-state index >= 15 is 0 Å². The van der Waals surface area contributed by atoms with Crippen molar-refractivity contribution in [2.75, 3.05) is 13.7 Å². The third-order valence-corrected chi connectivity index (χ3v) is 1.20. The normalized spacial score (nSPS) is 14.6. The van der Waals surface area contributed by atoms with Crippen molar-refractivity contribution in [2.24, 2.45) is 0 Å². The third kappa shape index (κ3) is 4.45. The van der Waals surface area contributed by atoms with E-state index in [1.54, 1.807) is 13.2 Å². The SMILES string of the molecule is CO[C@@H](CO)C/C=C/Cl. The number of rotatable bonds is 4.